The number of rotatable bonds is 7. The standard InChI is InChI=1S/C27H24N4OS/c1-18-15-24-26(30-25(31-27(24)33-18)23-12-14-32-17-23)29-13-2-3-19-4-8-21(9-5-19)22-10-6-20(16-28)7-11-22/h4-12,14,17-18H,2-3,13,15H2,1H3,(H,29,30,31). The molecule has 0 bridgehead atoms. The van der Waals surface area contributed by atoms with E-state index in [-0.39, 0.29) is 0 Å². The molecule has 0 aliphatic carbocycles. The molecule has 0 saturated heterocycles. The molecule has 1 aliphatic heterocycles. The van der Waals surface area contributed by atoms with Crippen molar-refractivity contribution in [1.82, 2.24) is 9.97 Å². The number of furan rings is 1. The van der Waals surface area contributed by atoms with E-state index in [2.05, 4.69) is 42.6 Å². The van der Waals surface area contributed by atoms with Gasteiger partial charge in [0, 0.05) is 17.4 Å². The van der Waals surface area contributed by atoms with Crippen molar-refractivity contribution in [3.63, 3.8) is 0 Å². The average molecular weight is 453 g/mol. The molecular formula is C27H24N4OS. The number of nitrogens with zero attached hydrogens (tertiary/aromatic N) is 3. The van der Waals surface area contributed by atoms with E-state index >= 15 is 0 Å². The summed E-state index contributed by atoms with van der Waals surface area (Å²) in [5, 5.41) is 14.1. The number of anilines is 1. The lowest BCUT2D eigenvalue weighted by Crippen LogP contribution is -2.09. The summed E-state index contributed by atoms with van der Waals surface area (Å²) in [7, 11) is 0. The minimum Gasteiger partial charge on any atom is -0.472 e. The van der Waals surface area contributed by atoms with Crippen LogP contribution in [0.5, 0.6) is 0 Å². The molecule has 0 radical (unpaired) electrons. The molecule has 1 N–H and O–H groups in total. The van der Waals surface area contributed by atoms with Gasteiger partial charge < -0.3 is 9.73 Å². The molecule has 0 spiro atoms. The molecule has 2 aromatic heterocycles. The van der Waals surface area contributed by atoms with Crippen LogP contribution in [0.25, 0.3) is 22.5 Å². The zero-order chi connectivity index (χ0) is 22.6. The third-order valence-corrected chi connectivity index (χ3v) is 6.92. The zero-order valence-electron chi connectivity index (χ0n) is 18.4. The summed E-state index contributed by atoms with van der Waals surface area (Å²) in [6.07, 6.45) is 6.34. The van der Waals surface area contributed by atoms with Crippen LogP contribution in [-0.4, -0.2) is 21.8 Å². The van der Waals surface area contributed by atoms with Crippen LogP contribution in [-0.2, 0) is 12.8 Å². The van der Waals surface area contributed by atoms with Gasteiger partial charge in [-0.1, -0.05) is 43.3 Å². The molecule has 1 unspecified atom stereocenters. The van der Waals surface area contributed by atoms with Gasteiger partial charge in [0.2, 0.25) is 0 Å². The zero-order valence-corrected chi connectivity index (χ0v) is 19.2. The van der Waals surface area contributed by atoms with Crippen LogP contribution in [0.3, 0.4) is 0 Å². The number of hydrogen-bond acceptors (Lipinski definition) is 6. The van der Waals surface area contributed by atoms with Crippen molar-refractivity contribution in [3.8, 4) is 28.6 Å². The molecule has 1 atom stereocenters. The number of nitriles is 1. The lowest BCUT2D eigenvalue weighted by Gasteiger charge is -2.11. The summed E-state index contributed by atoms with van der Waals surface area (Å²) in [6.45, 7) is 3.08. The van der Waals surface area contributed by atoms with Crippen molar-refractivity contribution in [2.45, 2.75) is 36.5 Å². The third-order valence-electron chi connectivity index (χ3n) is 5.79. The second kappa shape index (κ2) is 9.51. The Morgan fingerprint density at radius 1 is 1.03 bits per heavy atom. The van der Waals surface area contributed by atoms with E-state index in [1.54, 1.807) is 12.5 Å². The highest BCUT2D eigenvalue weighted by Crippen LogP contribution is 2.39. The smallest absolute Gasteiger partial charge is 0.165 e. The number of benzene rings is 2. The Hall–Kier alpha value is -3.56. The number of thioether (sulfide) groups is 1. The minimum atomic E-state index is 0.518. The van der Waals surface area contributed by atoms with Crippen LogP contribution in [0, 0.1) is 11.3 Å². The third kappa shape index (κ3) is 4.79. The van der Waals surface area contributed by atoms with Gasteiger partial charge in [-0.2, -0.15) is 5.26 Å². The molecule has 1 aliphatic rings. The predicted molar refractivity (Wildman–Crippen MR) is 132 cm³/mol. The van der Waals surface area contributed by atoms with Gasteiger partial charge in [0.25, 0.3) is 0 Å². The van der Waals surface area contributed by atoms with Crippen LogP contribution in [0.1, 0.15) is 30.0 Å². The summed E-state index contributed by atoms with van der Waals surface area (Å²) in [5.74, 6) is 1.66. The first-order valence-electron chi connectivity index (χ1n) is 11.1. The van der Waals surface area contributed by atoms with E-state index in [1.807, 2.05) is 42.1 Å². The molecule has 33 heavy (non-hydrogen) atoms. The Labute approximate surface area is 197 Å². The molecule has 0 fully saturated rings. The number of aromatic nitrogens is 2. The summed E-state index contributed by atoms with van der Waals surface area (Å²) in [4.78, 5) is 9.57. The summed E-state index contributed by atoms with van der Waals surface area (Å²) >= 11 is 1.82. The molecule has 3 heterocycles. The topological polar surface area (TPSA) is 74.7 Å². The summed E-state index contributed by atoms with van der Waals surface area (Å²) in [6, 6.07) is 20.4. The summed E-state index contributed by atoms with van der Waals surface area (Å²) < 4.78 is 5.22. The highest BCUT2D eigenvalue weighted by atomic mass is 32.2. The molecule has 6 heteroatoms. The number of fused-ring (bicyclic) bond motifs is 1. The van der Waals surface area contributed by atoms with Gasteiger partial charge in [-0.15, -0.1) is 11.8 Å². The van der Waals surface area contributed by atoms with Gasteiger partial charge in [-0.3, -0.25) is 0 Å². The van der Waals surface area contributed by atoms with E-state index < -0.39 is 0 Å². The molecule has 2 aromatic carbocycles. The van der Waals surface area contributed by atoms with Crippen LogP contribution in [0.15, 0.2) is 76.6 Å². The molecule has 5 nitrogen and oxygen atoms in total. The van der Waals surface area contributed by atoms with Crippen molar-refractivity contribution in [1.29, 1.82) is 5.26 Å². The van der Waals surface area contributed by atoms with E-state index in [0.29, 0.717) is 16.6 Å². The molecule has 164 valence electrons. The van der Waals surface area contributed by atoms with E-state index in [4.69, 9.17) is 19.6 Å². The van der Waals surface area contributed by atoms with E-state index in [0.717, 1.165) is 53.3 Å². The van der Waals surface area contributed by atoms with Crippen molar-refractivity contribution in [2.24, 2.45) is 0 Å². The van der Waals surface area contributed by atoms with Gasteiger partial charge in [0.15, 0.2) is 5.82 Å². The Bertz CT molecular complexity index is 1280. The fourth-order valence-electron chi connectivity index (χ4n) is 4.03. The van der Waals surface area contributed by atoms with E-state index in [9.17, 15) is 0 Å². The Morgan fingerprint density at radius 2 is 1.79 bits per heavy atom. The van der Waals surface area contributed by atoms with Crippen LogP contribution in [0.2, 0.25) is 0 Å². The van der Waals surface area contributed by atoms with Crippen LogP contribution < -0.4 is 5.32 Å². The molecule has 5 rings (SSSR count). The second-order valence-corrected chi connectivity index (χ2v) is 9.67. The first-order valence-corrected chi connectivity index (χ1v) is 12.0. The van der Waals surface area contributed by atoms with Crippen molar-refractivity contribution in [2.75, 3.05) is 11.9 Å². The first-order chi connectivity index (χ1) is 16.2. The maximum atomic E-state index is 8.96. The largest absolute Gasteiger partial charge is 0.472 e. The van der Waals surface area contributed by atoms with Gasteiger partial charge in [-0.25, -0.2) is 9.97 Å². The Kier molecular flexibility index (Phi) is 6.14. The Morgan fingerprint density at radius 3 is 2.48 bits per heavy atom. The molecule has 0 saturated carbocycles. The van der Waals surface area contributed by atoms with Crippen molar-refractivity contribution in [3.05, 3.63) is 83.8 Å². The number of nitrogens with one attached hydrogen (secondary N) is 1. The van der Waals surface area contributed by atoms with Gasteiger partial charge >= 0.3 is 0 Å². The SMILES string of the molecule is CC1Cc2c(NCCCc3ccc(-c4ccc(C#N)cc4)cc3)nc(-c3ccoc3)nc2S1. The fourth-order valence-corrected chi connectivity index (χ4v) is 5.12. The van der Waals surface area contributed by atoms with Gasteiger partial charge in [0.1, 0.15) is 17.1 Å². The minimum absolute atomic E-state index is 0.518. The maximum Gasteiger partial charge on any atom is 0.165 e. The molecular weight excluding hydrogens is 428 g/mol. The Balaban J connectivity index is 1.21. The van der Waals surface area contributed by atoms with Crippen molar-refractivity contribution >= 4 is 17.6 Å². The normalized spacial score (nSPS) is 14.6. The molecule has 0 amide bonds. The average Bonchev–Trinajstić information content (AvgIpc) is 3.51. The van der Waals surface area contributed by atoms with Crippen LogP contribution in [0.4, 0.5) is 5.82 Å². The van der Waals surface area contributed by atoms with E-state index in [1.165, 1.54) is 11.1 Å². The number of hydrogen-bond donors (Lipinski definition) is 1. The quantitative estimate of drug-likeness (QED) is 0.260. The summed E-state index contributed by atoms with van der Waals surface area (Å²) in [5.41, 5.74) is 6.42. The van der Waals surface area contributed by atoms with Gasteiger partial charge in [0.05, 0.1) is 23.5 Å². The monoisotopic (exact) mass is 452 g/mol. The fraction of sp³-hybridized carbons (Fsp3) is 0.222. The maximum absolute atomic E-state index is 8.96. The van der Waals surface area contributed by atoms with Crippen molar-refractivity contribution < 1.29 is 4.42 Å². The lowest BCUT2D eigenvalue weighted by atomic mass is 10.0. The number of aryl methyl sites for hydroxylation is 1. The predicted octanol–water partition coefficient (Wildman–Crippen LogP) is 6.36. The molecule has 4 aromatic rings. The van der Waals surface area contributed by atoms with Gasteiger partial charge in [-0.05, 0) is 54.2 Å². The highest BCUT2D eigenvalue weighted by molar-refractivity contribution is 8.00. The second-order valence-electron chi connectivity index (χ2n) is 8.24. The highest BCUT2D eigenvalue weighted by Gasteiger charge is 2.25. The lowest BCUT2D eigenvalue weighted by molar-refractivity contribution is 0.568. The first kappa shape index (κ1) is 21.3. The van der Waals surface area contributed by atoms with Crippen LogP contribution >= 0.6 is 11.8 Å².